The van der Waals surface area contributed by atoms with Crippen molar-refractivity contribution in [1.82, 2.24) is 9.97 Å². The molecule has 0 radical (unpaired) electrons. The van der Waals surface area contributed by atoms with Crippen LogP contribution in [0, 0.1) is 5.41 Å². The summed E-state index contributed by atoms with van der Waals surface area (Å²) in [5.41, 5.74) is 7.71. The Morgan fingerprint density at radius 1 is 1.38 bits per heavy atom. The number of aromatic amines is 1. The number of phenolic OH excluding ortho intramolecular Hbond substituents is 1. The predicted octanol–water partition coefficient (Wildman–Crippen LogP) is 2.31. The smallest absolute Gasteiger partial charge is 0.124 e. The van der Waals surface area contributed by atoms with Gasteiger partial charge in [-0.2, -0.15) is 0 Å². The number of H-pyrrole nitrogens is 1. The molecule has 4 heteroatoms. The number of benzene rings is 1. The van der Waals surface area contributed by atoms with E-state index >= 15 is 0 Å². The fourth-order valence-electron chi connectivity index (χ4n) is 1.57. The second-order valence-corrected chi connectivity index (χ2v) is 5.17. The van der Waals surface area contributed by atoms with E-state index in [1.54, 1.807) is 18.2 Å². The second-order valence-electron chi connectivity index (χ2n) is 5.17. The first-order chi connectivity index (χ1) is 7.38. The third-order valence-electron chi connectivity index (χ3n) is 2.71. The number of fused-ring (bicyclic) bond motifs is 1. The number of nitrogens with zero attached hydrogens (tertiary/aromatic N) is 1. The first-order valence-electron chi connectivity index (χ1n) is 5.32. The summed E-state index contributed by atoms with van der Waals surface area (Å²) in [5.74, 6) is 0.986. The van der Waals surface area contributed by atoms with Crippen LogP contribution in [0.4, 0.5) is 0 Å². The molecule has 4 N–H and O–H groups in total. The molecule has 2 rings (SSSR count). The van der Waals surface area contributed by atoms with Gasteiger partial charge in [-0.3, -0.25) is 0 Å². The van der Waals surface area contributed by atoms with Crippen molar-refractivity contribution in [3.63, 3.8) is 0 Å². The zero-order valence-corrected chi connectivity index (χ0v) is 9.78. The molecule has 1 aromatic carbocycles. The molecule has 0 amide bonds. The molecule has 1 unspecified atom stereocenters. The van der Waals surface area contributed by atoms with Crippen molar-refractivity contribution in [2.45, 2.75) is 26.8 Å². The van der Waals surface area contributed by atoms with Gasteiger partial charge in [0, 0.05) is 6.07 Å². The van der Waals surface area contributed by atoms with Crippen molar-refractivity contribution in [3.8, 4) is 5.75 Å². The molecule has 0 aliphatic rings. The summed E-state index contributed by atoms with van der Waals surface area (Å²) < 4.78 is 0. The van der Waals surface area contributed by atoms with Crippen LogP contribution in [0.2, 0.25) is 0 Å². The highest BCUT2D eigenvalue weighted by atomic mass is 16.3. The van der Waals surface area contributed by atoms with Crippen LogP contribution >= 0.6 is 0 Å². The van der Waals surface area contributed by atoms with Crippen molar-refractivity contribution in [1.29, 1.82) is 0 Å². The van der Waals surface area contributed by atoms with Crippen LogP contribution in [0.25, 0.3) is 11.0 Å². The number of nitrogens with two attached hydrogens (primary N) is 1. The third kappa shape index (κ3) is 1.88. The van der Waals surface area contributed by atoms with E-state index < -0.39 is 0 Å². The molecule has 2 aromatic rings. The number of hydrogen-bond donors (Lipinski definition) is 3. The Labute approximate surface area is 94.5 Å². The normalized spacial score (nSPS) is 14.2. The third-order valence-corrected chi connectivity index (χ3v) is 2.71. The van der Waals surface area contributed by atoms with E-state index in [1.807, 2.05) is 0 Å². The van der Waals surface area contributed by atoms with Crippen molar-refractivity contribution in [2.24, 2.45) is 11.1 Å². The number of hydrogen-bond acceptors (Lipinski definition) is 3. The molecular weight excluding hydrogens is 202 g/mol. The zero-order chi connectivity index (χ0) is 11.9. The minimum absolute atomic E-state index is 0.0457. The van der Waals surface area contributed by atoms with E-state index in [-0.39, 0.29) is 17.2 Å². The second kappa shape index (κ2) is 3.49. The number of phenols is 1. The standard InChI is InChI=1S/C12H17N3O/c1-12(2,3)10(13)11-14-8-5-4-7(16)6-9(8)15-11/h4-6,10,16H,13H2,1-3H3,(H,14,15). The van der Waals surface area contributed by atoms with E-state index in [0.29, 0.717) is 0 Å². The molecule has 0 spiro atoms. The molecule has 0 fully saturated rings. The molecule has 1 atom stereocenters. The summed E-state index contributed by atoms with van der Waals surface area (Å²) in [6, 6.07) is 4.90. The highest BCUT2D eigenvalue weighted by molar-refractivity contribution is 5.76. The van der Waals surface area contributed by atoms with Crippen LogP contribution in [-0.4, -0.2) is 15.1 Å². The Bertz CT molecular complexity index is 510. The number of aromatic hydroxyl groups is 1. The van der Waals surface area contributed by atoms with E-state index in [9.17, 15) is 5.11 Å². The summed E-state index contributed by atoms with van der Waals surface area (Å²) in [7, 11) is 0. The Balaban J connectivity index is 2.47. The van der Waals surface area contributed by atoms with Gasteiger partial charge in [0.25, 0.3) is 0 Å². The minimum Gasteiger partial charge on any atom is -0.508 e. The quantitative estimate of drug-likeness (QED) is 0.689. The Morgan fingerprint density at radius 3 is 2.69 bits per heavy atom. The summed E-state index contributed by atoms with van der Waals surface area (Å²) in [6.07, 6.45) is 0. The highest BCUT2D eigenvalue weighted by Gasteiger charge is 2.25. The average Bonchev–Trinajstić information content (AvgIpc) is 2.57. The number of imidazole rings is 1. The Morgan fingerprint density at radius 2 is 2.06 bits per heavy atom. The zero-order valence-electron chi connectivity index (χ0n) is 9.78. The van der Waals surface area contributed by atoms with Crippen LogP contribution in [0.1, 0.15) is 32.6 Å². The first kappa shape index (κ1) is 11.0. The lowest BCUT2D eigenvalue weighted by Crippen LogP contribution is -2.27. The van der Waals surface area contributed by atoms with E-state index in [4.69, 9.17) is 5.73 Å². The fourth-order valence-corrected chi connectivity index (χ4v) is 1.57. The topological polar surface area (TPSA) is 74.9 Å². The lowest BCUT2D eigenvalue weighted by molar-refractivity contribution is 0.317. The highest BCUT2D eigenvalue weighted by Crippen LogP contribution is 2.30. The first-order valence-corrected chi connectivity index (χ1v) is 5.32. The number of rotatable bonds is 1. The van der Waals surface area contributed by atoms with Crippen molar-refractivity contribution >= 4 is 11.0 Å². The Kier molecular flexibility index (Phi) is 2.39. The van der Waals surface area contributed by atoms with Crippen LogP contribution < -0.4 is 5.73 Å². The van der Waals surface area contributed by atoms with Gasteiger partial charge in [0.2, 0.25) is 0 Å². The van der Waals surface area contributed by atoms with Gasteiger partial charge in [-0.15, -0.1) is 0 Å². The maximum atomic E-state index is 9.36. The van der Waals surface area contributed by atoms with Gasteiger partial charge in [0.05, 0.1) is 17.1 Å². The fraction of sp³-hybridized carbons (Fsp3) is 0.417. The maximum Gasteiger partial charge on any atom is 0.124 e. The number of nitrogens with one attached hydrogen (secondary N) is 1. The average molecular weight is 219 g/mol. The van der Waals surface area contributed by atoms with E-state index in [1.165, 1.54) is 0 Å². The summed E-state index contributed by atoms with van der Waals surface area (Å²) in [6.45, 7) is 6.22. The van der Waals surface area contributed by atoms with Crippen LogP contribution in [0.15, 0.2) is 18.2 Å². The van der Waals surface area contributed by atoms with Gasteiger partial charge in [0.15, 0.2) is 0 Å². The molecular formula is C12H17N3O. The van der Waals surface area contributed by atoms with Crippen LogP contribution in [0.3, 0.4) is 0 Å². The molecule has 86 valence electrons. The van der Waals surface area contributed by atoms with Crippen LogP contribution in [-0.2, 0) is 0 Å². The summed E-state index contributed by atoms with van der Waals surface area (Å²) in [4.78, 5) is 7.58. The van der Waals surface area contributed by atoms with Gasteiger partial charge in [-0.05, 0) is 17.5 Å². The lowest BCUT2D eigenvalue weighted by atomic mass is 9.87. The minimum atomic E-state index is -0.151. The largest absolute Gasteiger partial charge is 0.508 e. The molecule has 1 aromatic heterocycles. The summed E-state index contributed by atoms with van der Waals surface area (Å²) in [5, 5.41) is 9.36. The van der Waals surface area contributed by atoms with Gasteiger partial charge in [-0.1, -0.05) is 20.8 Å². The molecule has 0 aliphatic carbocycles. The monoisotopic (exact) mass is 219 g/mol. The molecule has 0 saturated heterocycles. The SMILES string of the molecule is CC(C)(C)C(N)c1nc2ccc(O)cc2[nH]1. The molecule has 0 aliphatic heterocycles. The van der Waals surface area contributed by atoms with Gasteiger partial charge >= 0.3 is 0 Å². The molecule has 0 bridgehead atoms. The van der Waals surface area contributed by atoms with E-state index in [2.05, 4.69) is 30.7 Å². The van der Waals surface area contributed by atoms with Gasteiger partial charge in [0.1, 0.15) is 11.6 Å². The van der Waals surface area contributed by atoms with Gasteiger partial charge in [-0.25, -0.2) is 4.98 Å². The Hall–Kier alpha value is -1.55. The lowest BCUT2D eigenvalue weighted by Gasteiger charge is -2.24. The van der Waals surface area contributed by atoms with Crippen molar-refractivity contribution < 1.29 is 5.11 Å². The summed E-state index contributed by atoms with van der Waals surface area (Å²) >= 11 is 0. The predicted molar refractivity (Wildman–Crippen MR) is 64.1 cm³/mol. The number of aromatic nitrogens is 2. The molecule has 16 heavy (non-hydrogen) atoms. The van der Waals surface area contributed by atoms with Crippen molar-refractivity contribution in [2.75, 3.05) is 0 Å². The molecule has 0 saturated carbocycles. The van der Waals surface area contributed by atoms with Gasteiger partial charge < -0.3 is 15.8 Å². The molecule has 1 heterocycles. The molecule has 4 nitrogen and oxygen atoms in total. The van der Waals surface area contributed by atoms with E-state index in [0.717, 1.165) is 16.9 Å². The van der Waals surface area contributed by atoms with Crippen molar-refractivity contribution in [3.05, 3.63) is 24.0 Å². The maximum absolute atomic E-state index is 9.36. The van der Waals surface area contributed by atoms with Crippen LogP contribution in [0.5, 0.6) is 5.75 Å².